The van der Waals surface area contributed by atoms with Gasteiger partial charge in [0.05, 0.1) is 64.8 Å². The van der Waals surface area contributed by atoms with Gasteiger partial charge in [0.15, 0.2) is 0 Å². The minimum Gasteiger partial charge on any atom is -1.00 e. The van der Waals surface area contributed by atoms with Crippen molar-refractivity contribution in [2.75, 3.05) is 66.5 Å². The largest absolute Gasteiger partial charge is 1.00 e. The van der Waals surface area contributed by atoms with Crippen LogP contribution in [-0.4, -0.2) is 87.0 Å². The number of allylic oxidation sites excluding steroid dienone is 2. The third kappa shape index (κ3) is 8.92. The van der Waals surface area contributed by atoms with Crippen molar-refractivity contribution in [1.82, 2.24) is 10.6 Å². The highest BCUT2D eigenvalue weighted by molar-refractivity contribution is 6.19. The Hall–Kier alpha value is -0.700. The highest BCUT2D eigenvalue weighted by Gasteiger charge is 2.26. The van der Waals surface area contributed by atoms with Crippen molar-refractivity contribution in [3.05, 3.63) is 23.5 Å². The SMILES string of the molecule is C[N+]1(CCCNC2=CC(=O)C(NCCC[N+]3(C)CCCCC3)=CC2=O)CCCCC1.[Br-].[Br-]. The molecular formula is C24H42Br2N4O2. The number of hydrogen-bond donors (Lipinski definition) is 2. The normalized spacial score (nSPS) is 22.1. The third-order valence-corrected chi connectivity index (χ3v) is 7.25. The summed E-state index contributed by atoms with van der Waals surface area (Å²) < 4.78 is 2.28. The molecule has 0 radical (unpaired) electrons. The zero-order valence-corrected chi connectivity index (χ0v) is 23.1. The number of quaternary nitrogens is 2. The zero-order valence-electron chi connectivity index (χ0n) is 19.9. The van der Waals surface area contributed by atoms with Crippen molar-refractivity contribution < 1.29 is 52.5 Å². The molecule has 2 heterocycles. The van der Waals surface area contributed by atoms with Crippen molar-refractivity contribution in [1.29, 1.82) is 0 Å². The molecule has 0 aromatic carbocycles. The van der Waals surface area contributed by atoms with Gasteiger partial charge in [-0.05, 0) is 38.5 Å². The molecule has 2 N–H and O–H groups in total. The van der Waals surface area contributed by atoms with Crippen LogP contribution in [0.2, 0.25) is 0 Å². The summed E-state index contributed by atoms with van der Waals surface area (Å²) in [7, 11) is 4.67. The molecule has 184 valence electrons. The second-order valence-corrected chi connectivity index (χ2v) is 10.1. The predicted molar refractivity (Wildman–Crippen MR) is 121 cm³/mol. The van der Waals surface area contributed by atoms with Gasteiger partial charge in [-0.1, -0.05) is 0 Å². The standard InChI is InChI=1S/C24H40N4O2.2BrH/c1-27(13-5-3-6-14-27)17-9-11-25-21-19-24(30)22(20-23(21)29)26-12-10-18-28(2)15-7-4-8-16-28;;/h19-20H,3-18H2,1-2H3;2*1H. The fraction of sp³-hybridized carbons (Fsp3) is 0.750. The Morgan fingerprint density at radius 2 is 1.00 bits per heavy atom. The number of hydrogen-bond acceptors (Lipinski definition) is 4. The lowest BCUT2D eigenvalue weighted by molar-refractivity contribution is -0.914. The maximum atomic E-state index is 12.4. The number of piperidine rings is 2. The van der Waals surface area contributed by atoms with E-state index in [0.29, 0.717) is 11.4 Å². The number of nitrogens with zero attached hydrogens (tertiary/aromatic N) is 2. The first-order chi connectivity index (χ1) is 14.4. The molecule has 2 saturated heterocycles. The highest BCUT2D eigenvalue weighted by Crippen LogP contribution is 2.17. The Bertz CT molecular complexity index is 623. The summed E-state index contributed by atoms with van der Waals surface area (Å²) in [5, 5.41) is 6.40. The van der Waals surface area contributed by atoms with E-state index in [2.05, 4.69) is 24.7 Å². The molecule has 0 aromatic heterocycles. The minimum absolute atomic E-state index is 0. The molecule has 0 bridgehead atoms. The Morgan fingerprint density at radius 3 is 1.34 bits per heavy atom. The van der Waals surface area contributed by atoms with Gasteiger partial charge in [0.2, 0.25) is 11.6 Å². The summed E-state index contributed by atoms with van der Waals surface area (Å²) >= 11 is 0. The fourth-order valence-corrected chi connectivity index (χ4v) is 5.20. The van der Waals surface area contributed by atoms with Crippen LogP contribution in [0.25, 0.3) is 0 Å². The molecule has 2 fully saturated rings. The molecule has 0 aromatic rings. The smallest absolute Gasteiger partial charge is 0.203 e. The second kappa shape index (κ2) is 13.9. The lowest BCUT2D eigenvalue weighted by Gasteiger charge is -2.38. The van der Waals surface area contributed by atoms with E-state index in [1.54, 1.807) is 0 Å². The molecule has 3 aliphatic rings. The Kier molecular flexibility index (Phi) is 12.7. The van der Waals surface area contributed by atoms with Crippen molar-refractivity contribution in [2.45, 2.75) is 51.4 Å². The van der Waals surface area contributed by atoms with Gasteiger partial charge in [0.25, 0.3) is 0 Å². The molecule has 2 aliphatic heterocycles. The summed E-state index contributed by atoms with van der Waals surface area (Å²) in [6.45, 7) is 8.78. The number of carbonyl (C=O) groups is 2. The van der Waals surface area contributed by atoms with Gasteiger partial charge in [0.1, 0.15) is 0 Å². The van der Waals surface area contributed by atoms with E-state index in [1.807, 2.05) is 0 Å². The van der Waals surface area contributed by atoms with Crippen LogP contribution in [0.5, 0.6) is 0 Å². The molecular weight excluding hydrogens is 536 g/mol. The summed E-state index contributed by atoms with van der Waals surface area (Å²) in [6.07, 6.45) is 13.0. The first-order valence-electron chi connectivity index (χ1n) is 12.1. The van der Waals surface area contributed by atoms with Crippen LogP contribution < -0.4 is 44.6 Å². The van der Waals surface area contributed by atoms with Gasteiger partial charge >= 0.3 is 0 Å². The van der Waals surface area contributed by atoms with Crippen molar-refractivity contribution in [3.8, 4) is 0 Å². The Balaban J connectivity index is 0.00000256. The van der Waals surface area contributed by atoms with Crippen LogP contribution in [0.1, 0.15) is 51.4 Å². The molecule has 0 spiro atoms. The molecule has 8 heteroatoms. The van der Waals surface area contributed by atoms with Gasteiger partial charge in [-0.3, -0.25) is 9.59 Å². The first-order valence-corrected chi connectivity index (χ1v) is 12.1. The van der Waals surface area contributed by atoms with Gasteiger partial charge in [0, 0.05) is 38.1 Å². The van der Waals surface area contributed by atoms with E-state index < -0.39 is 0 Å². The average Bonchev–Trinajstić information content (AvgIpc) is 2.72. The number of halogens is 2. The Labute approximate surface area is 215 Å². The second-order valence-electron chi connectivity index (χ2n) is 10.1. The lowest BCUT2D eigenvalue weighted by Crippen LogP contribution is -3.00. The van der Waals surface area contributed by atoms with E-state index in [4.69, 9.17) is 0 Å². The number of nitrogens with one attached hydrogen (secondary N) is 2. The number of carbonyl (C=O) groups excluding carboxylic acids is 2. The summed E-state index contributed by atoms with van der Waals surface area (Å²) in [5.74, 6) is -0.184. The van der Waals surface area contributed by atoms with Crippen molar-refractivity contribution in [3.63, 3.8) is 0 Å². The monoisotopic (exact) mass is 576 g/mol. The summed E-state index contributed by atoms with van der Waals surface area (Å²) in [5.41, 5.74) is 0.886. The van der Waals surface area contributed by atoms with Gasteiger partial charge in [-0.25, -0.2) is 0 Å². The number of ketones is 2. The minimum atomic E-state index is -0.0921. The molecule has 0 amide bonds. The van der Waals surface area contributed by atoms with Crippen LogP contribution in [0.3, 0.4) is 0 Å². The fourth-order valence-electron chi connectivity index (χ4n) is 5.20. The average molecular weight is 578 g/mol. The van der Waals surface area contributed by atoms with Crippen LogP contribution >= 0.6 is 0 Å². The molecule has 0 atom stereocenters. The van der Waals surface area contributed by atoms with Gasteiger partial charge in [-0.2, -0.15) is 0 Å². The third-order valence-electron chi connectivity index (χ3n) is 7.25. The van der Waals surface area contributed by atoms with Crippen molar-refractivity contribution >= 4 is 11.6 Å². The molecule has 1 aliphatic carbocycles. The Morgan fingerprint density at radius 1 is 0.656 bits per heavy atom. The zero-order chi connectivity index (χ0) is 21.5. The van der Waals surface area contributed by atoms with Crippen molar-refractivity contribution in [2.24, 2.45) is 0 Å². The summed E-state index contributed by atoms with van der Waals surface area (Å²) in [4.78, 5) is 24.9. The molecule has 32 heavy (non-hydrogen) atoms. The number of likely N-dealkylation sites (tertiary alicyclic amines) is 2. The lowest BCUT2D eigenvalue weighted by atomic mass is 10.1. The van der Waals surface area contributed by atoms with Gasteiger partial charge < -0.3 is 53.6 Å². The quantitative estimate of drug-likeness (QED) is 0.159. The highest BCUT2D eigenvalue weighted by atomic mass is 79.9. The maximum absolute atomic E-state index is 12.4. The number of rotatable bonds is 10. The van der Waals surface area contributed by atoms with Crippen LogP contribution in [0.4, 0.5) is 0 Å². The summed E-state index contributed by atoms with van der Waals surface area (Å²) in [6, 6.07) is 0. The molecule has 3 rings (SSSR count). The predicted octanol–water partition coefficient (Wildman–Crippen LogP) is -3.87. The first kappa shape index (κ1) is 29.3. The topological polar surface area (TPSA) is 58.2 Å². The van der Waals surface area contributed by atoms with Gasteiger partial charge in [-0.15, -0.1) is 0 Å². The molecule has 6 nitrogen and oxygen atoms in total. The maximum Gasteiger partial charge on any atom is 0.203 e. The van der Waals surface area contributed by atoms with Crippen LogP contribution in [-0.2, 0) is 9.59 Å². The van der Waals surface area contributed by atoms with E-state index in [0.717, 1.165) is 48.0 Å². The van der Waals surface area contributed by atoms with E-state index >= 15 is 0 Å². The van der Waals surface area contributed by atoms with E-state index in [9.17, 15) is 9.59 Å². The van der Waals surface area contributed by atoms with Crippen LogP contribution in [0.15, 0.2) is 23.5 Å². The van der Waals surface area contributed by atoms with E-state index in [1.165, 1.54) is 76.9 Å². The van der Waals surface area contributed by atoms with Crippen LogP contribution in [0, 0.1) is 0 Å². The molecule has 0 unspecified atom stereocenters. The van der Waals surface area contributed by atoms with E-state index in [-0.39, 0.29) is 45.5 Å². The molecule has 0 saturated carbocycles.